The Hall–Kier alpha value is -1.10. The maximum atomic E-state index is 12.2. The van der Waals surface area contributed by atoms with Crippen LogP contribution in [0.1, 0.15) is 26.2 Å². The molecule has 0 radical (unpaired) electrons. The number of hydrogen-bond acceptors (Lipinski definition) is 3. The van der Waals surface area contributed by atoms with Gasteiger partial charge < -0.3 is 15.3 Å². The minimum Gasteiger partial charge on any atom is -0.480 e. The molecular formula is C11H18N2O3. The van der Waals surface area contributed by atoms with E-state index in [0.717, 1.165) is 19.4 Å². The molecule has 0 aromatic rings. The zero-order chi connectivity index (χ0) is 11.7. The predicted molar refractivity (Wildman–Crippen MR) is 57.9 cm³/mol. The summed E-state index contributed by atoms with van der Waals surface area (Å²) in [6.45, 7) is 3.47. The number of aliphatic carboxylic acids is 1. The lowest BCUT2D eigenvalue weighted by Crippen LogP contribution is -2.49. The zero-order valence-corrected chi connectivity index (χ0v) is 9.48. The van der Waals surface area contributed by atoms with Crippen molar-refractivity contribution in [3.8, 4) is 0 Å². The first kappa shape index (κ1) is 11.4. The van der Waals surface area contributed by atoms with E-state index in [-0.39, 0.29) is 11.9 Å². The van der Waals surface area contributed by atoms with Crippen molar-refractivity contribution in [3.63, 3.8) is 0 Å². The molecular weight excluding hydrogens is 208 g/mol. The highest BCUT2D eigenvalue weighted by atomic mass is 16.4. The van der Waals surface area contributed by atoms with Crippen LogP contribution in [0.15, 0.2) is 0 Å². The van der Waals surface area contributed by atoms with Crippen molar-refractivity contribution in [2.75, 3.05) is 13.1 Å². The van der Waals surface area contributed by atoms with Crippen LogP contribution in [0.3, 0.4) is 0 Å². The Labute approximate surface area is 94.8 Å². The van der Waals surface area contributed by atoms with Gasteiger partial charge in [-0.1, -0.05) is 6.92 Å². The van der Waals surface area contributed by atoms with Crippen molar-refractivity contribution in [2.24, 2.45) is 5.92 Å². The number of hydrogen-bond donors (Lipinski definition) is 2. The van der Waals surface area contributed by atoms with E-state index in [2.05, 4.69) is 5.32 Å². The number of amides is 1. The van der Waals surface area contributed by atoms with Gasteiger partial charge in [-0.3, -0.25) is 4.79 Å². The van der Waals surface area contributed by atoms with Crippen LogP contribution in [-0.2, 0) is 9.59 Å². The van der Waals surface area contributed by atoms with E-state index in [4.69, 9.17) is 5.11 Å². The minimum atomic E-state index is -0.878. The Morgan fingerprint density at radius 2 is 2.12 bits per heavy atom. The summed E-state index contributed by atoms with van der Waals surface area (Å²) in [4.78, 5) is 24.7. The Morgan fingerprint density at radius 1 is 1.38 bits per heavy atom. The number of nitrogens with one attached hydrogen (secondary N) is 1. The zero-order valence-electron chi connectivity index (χ0n) is 9.48. The fraction of sp³-hybridized carbons (Fsp3) is 0.818. The first-order valence-corrected chi connectivity index (χ1v) is 5.88. The van der Waals surface area contributed by atoms with E-state index >= 15 is 0 Å². The largest absolute Gasteiger partial charge is 0.480 e. The smallest absolute Gasteiger partial charge is 0.326 e. The SMILES string of the molecule is CC1CCNC1C(=O)N1CCCC1C(=O)O. The first-order chi connectivity index (χ1) is 7.61. The van der Waals surface area contributed by atoms with E-state index in [9.17, 15) is 9.59 Å². The van der Waals surface area contributed by atoms with Crippen LogP contribution in [0.25, 0.3) is 0 Å². The summed E-state index contributed by atoms with van der Waals surface area (Å²) in [7, 11) is 0. The third-order valence-electron chi connectivity index (χ3n) is 3.62. The molecule has 16 heavy (non-hydrogen) atoms. The average Bonchev–Trinajstić information content (AvgIpc) is 2.84. The molecule has 2 fully saturated rings. The molecule has 5 heteroatoms. The van der Waals surface area contributed by atoms with E-state index in [1.807, 2.05) is 6.92 Å². The summed E-state index contributed by atoms with van der Waals surface area (Å²) >= 11 is 0. The van der Waals surface area contributed by atoms with Crippen molar-refractivity contribution in [1.82, 2.24) is 10.2 Å². The molecule has 0 aromatic carbocycles. The van der Waals surface area contributed by atoms with Gasteiger partial charge in [0.1, 0.15) is 6.04 Å². The molecule has 5 nitrogen and oxygen atoms in total. The van der Waals surface area contributed by atoms with Gasteiger partial charge in [-0.2, -0.15) is 0 Å². The maximum absolute atomic E-state index is 12.2. The second-order valence-corrected chi connectivity index (χ2v) is 4.73. The van der Waals surface area contributed by atoms with E-state index in [0.29, 0.717) is 18.9 Å². The highest BCUT2D eigenvalue weighted by Gasteiger charge is 2.39. The van der Waals surface area contributed by atoms with E-state index in [1.165, 1.54) is 4.90 Å². The molecule has 2 rings (SSSR count). The average molecular weight is 226 g/mol. The first-order valence-electron chi connectivity index (χ1n) is 5.88. The van der Waals surface area contributed by atoms with Gasteiger partial charge in [0.2, 0.25) is 5.91 Å². The van der Waals surface area contributed by atoms with Gasteiger partial charge in [0, 0.05) is 6.54 Å². The van der Waals surface area contributed by atoms with Crippen LogP contribution in [0.4, 0.5) is 0 Å². The van der Waals surface area contributed by atoms with Gasteiger partial charge in [0.25, 0.3) is 0 Å². The number of likely N-dealkylation sites (tertiary alicyclic amines) is 1. The van der Waals surface area contributed by atoms with E-state index in [1.54, 1.807) is 0 Å². The molecule has 0 saturated carbocycles. The lowest BCUT2D eigenvalue weighted by molar-refractivity contribution is -0.149. The molecule has 0 bridgehead atoms. The molecule has 2 aliphatic heterocycles. The summed E-state index contributed by atoms with van der Waals surface area (Å²) < 4.78 is 0. The van der Waals surface area contributed by atoms with Crippen LogP contribution >= 0.6 is 0 Å². The van der Waals surface area contributed by atoms with Crippen LogP contribution in [0.2, 0.25) is 0 Å². The summed E-state index contributed by atoms with van der Waals surface area (Å²) in [5, 5.41) is 12.2. The Kier molecular flexibility index (Phi) is 3.14. The topological polar surface area (TPSA) is 69.6 Å². The van der Waals surface area contributed by atoms with Gasteiger partial charge in [0.15, 0.2) is 0 Å². The Bertz CT molecular complexity index is 306. The lowest BCUT2D eigenvalue weighted by atomic mass is 10.0. The summed E-state index contributed by atoms with van der Waals surface area (Å²) in [5.41, 5.74) is 0. The molecule has 0 spiro atoms. The molecule has 1 amide bonds. The standard InChI is InChI=1S/C11H18N2O3/c1-7-4-5-12-9(7)10(14)13-6-2-3-8(13)11(15)16/h7-9,12H,2-6H2,1H3,(H,15,16). The lowest BCUT2D eigenvalue weighted by Gasteiger charge is -2.26. The highest BCUT2D eigenvalue weighted by Crippen LogP contribution is 2.23. The monoisotopic (exact) mass is 226 g/mol. The molecule has 2 N–H and O–H groups in total. The quantitative estimate of drug-likeness (QED) is 0.698. The Morgan fingerprint density at radius 3 is 2.69 bits per heavy atom. The fourth-order valence-corrected chi connectivity index (χ4v) is 2.63. The van der Waals surface area contributed by atoms with Crippen molar-refractivity contribution in [1.29, 1.82) is 0 Å². The molecule has 0 aromatic heterocycles. The highest BCUT2D eigenvalue weighted by molar-refractivity contribution is 5.88. The molecule has 90 valence electrons. The number of carbonyl (C=O) groups is 2. The van der Waals surface area contributed by atoms with E-state index < -0.39 is 12.0 Å². The van der Waals surface area contributed by atoms with Crippen molar-refractivity contribution >= 4 is 11.9 Å². The van der Waals surface area contributed by atoms with Crippen LogP contribution in [0.5, 0.6) is 0 Å². The Balaban J connectivity index is 2.06. The van der Waals surface area contributed by atoms with Gasteiger partial charge in [-0.05, 0) is 31.7 Å². The van der Waals surface area contributed by atoms with Crippen molar-refractivity contribution in [3.05, 3.63) is 0 Å². The fourth-order valence-electron chi connectivity index (χ4n) is 2.63. The minimum absolute atomic E-state index is 0.0325. The molecule has 2 saturated heterocycles. The molecule has 2 aliphatic rings. The third-order valence-corrected chi connectivity index (χ3v) is 3.62. The maximum Gasteiger partial charge on any atom is 0.326 e. The normalized spacial score (nSPS) is 34.3. The van der Waals surface area contributed by atoms with Gasteiger partial charge >= 0.3 is 5.97 Å². The summed E-state index contributed by atoms with van der Waals surface area (Å²) in [6.07, 6.45) is 2.37. The second-order valence-electron chi connectivity index (χ2n) is 4.73. The number of carbonyl (C=O) groups excluding carboxylic acids is 1. The number of nitrogens with zero attached hydrogens (tertiary/aromatic N) is 1. The van der Waals surface area contributed by atoms with Gasteiger partial charge in [-0.25, -0.2) is 4.79 Å². The third kappa shape index (κ3) is 1.91. The van der Waals surface area contributed by atoms with Crippen LogP contribution in [0, 0.1) is 5.92 Å². The van der Waals surface area contributed by atoms with Crippen molar-refractivity contribution < 1.29 is 14.7 Å². The summed E-state index contributed by atoms with van der Waals surface area (Å²) in [5.74, 6) is -0.603. The number of carboxylic acid groups (broad SMARTS) is 1. The van der Waals surface area contributed by atoms with Gasteiger partial charge in [0.05, 0.1) is 6.04 Å². The molecule has 2 heterocycles. The molecule has 0 aliphatic carbocycles. The van der Waals surface area contributed by atoms with Crippen LogP contribution in [-0.4, -0.2) is 47.1 Å². The number of carboxylic acids is 1. The number of rotatable bonds is 2. The molecule has 3 atom stereocenters. The summed E-state index contributed by atoms with van der Waals surface area (Å²) in [6, 6.07) is -0.790. The predicted octanol–water partition coefficient (Wildman–Crippen LogP) is 0.0600. The van der Waals surface area contributed by atoms with Gasteiger partial charge in [-0.15, -0.1) is 0 Å². The van der Waals surface area contributed by atoms with Crippen molar-refractivity contribution in [2.45, 2.75) is 38.3 Å². The second kappa shape index (κ2) is 4.41. The van der Waals surface area contributed by atoms with Crippen LogP contribution < -0.4 is 5.32 Å². The molecule has 3 unspecified atom stereocenters.